The molecule has 1 amide bonds. The number of morpholine rings is 1. The van der Waals surface area contributed by atoms with Gasteiger partial charge < -0.3 is 9.64 Å². The molecule has 1 saturated heterocycles. The van der Waals surface area contributed by atoms with E-state index in [1.807, 2.05) is 13.8 Å². The number of aromatic nitrogens is 2. The second-order valence-corrected chi connectivity index (χ2v) is 6.09. The lowest BCUT2D eigenvalue weighted by Gasteiger charge is -2.42. The molecule has 1 aromatic rings. The molecule has 1 atom stereocenters. The van der Waals surface area contributed by atoms with E-state index >= 15 is 0 Å². The Labute approximate surface area is 115 Å². The Balaban J connectivity index is 2.17. The van der Waals surface area contributed by atoms with Crippen LogP contribution in [0.3, 0.4) is 0 Å². The number of carbonyl (C=O) groups is 1. The summed E-state index contributed by atoms with van der Waals surface area (Å²) in [5, 5.41) is 3.87. The fourth-order valence-electron chi connectivity index (χ4n) is 2.10. The summed E-state index contributed by atoms with van der Waals surface area (Å²) in [4.78, 5) is 14.8. The number of amides is 1. The van der Waals surface area contributed by atoms with E-state index in [9.17, 15) is 4.79 Å². The van der Waals surface area contributed by atoms with E-state index in [1.54, 1.807) is 11.8 Å². The molecular formula is C11H16ClN3O2S. The van der Waals surface area contributed by atoms with Gasteiger partial charge in [0.25, 0.3) is 5.91 Å². The molecule has 100 valence electrons. The maximum atomic E-state index is 12.4. The molecule has 0 radical (unpaired) electrons. The van der Waals surface area contributed by atoms with E-state index in [1.165, 1.54) is 0 Å². The third-order valence-electron chi connectivity index (χ3n) is 2.79. The van der Waals surface area contributed by atoms with Crippen molar-refractivity contribution < 1.29 is 9.53 Å². The molecule has 2 rings (SSSR count). The second-order valence-electron chi connectivity index (χ2n) is 5.03. The minimum absolute atomic E-state index is 0.0333. The molecule has 0 N–H and O–H groups in total. The Kier molecular flexibility index (Phi) is 3.89. The van der Waals surface area contributed by atoms with Gasteiger partial charge in [0.15, 0.2) is 0 Å². The Bertz CT molecular complexity index is 449. The smallest absolute Gasteiger partial charge is 0.267 e. The van der Waals surface area contributed by atoms with Gasteiger partial charge in [0, 0.05) is 13.1 Å². The van der Waals surface area contributed by atoms with Crippen molar-refractivity contribution in [1.82, 2.24) is 14.5 Å². The van der Waals surface area contributed by atoms with Gasteiger partial charge in [-0.25, -0.2) is 0 Å². The van der Waals surface area contributed by atoms with Crippen LogP contribution in [-0.2, 0) is 4.74 Å². The first-order valence-electron chi connectivity index (χ1n) is 5.75. The van der Waals surface area contributed by atoms with Gasteiger partial charge in [-0.2, -0.15) is 0 Å². The number of ether oxygens (including phenoxy) is 1. The van der Waals surface area contributed by atoms with Crippen molar-refractivity contribution in [1.29, 1.82) is 0 Å². The van der Waals surface area contributed by atoms with Crippen LogP contribution in [0.1, 0.15) is 29.2 Å². The molecule has 0 saturated carbocycles. The highest BCUT2D eigenvalue weighted by atomic mass is 35.5. The SMILES string of the molecule is Cc1nnsc1C(=O)N1CC(CCl)OC(C)(C)C1. The molecular weight excluding hydrogens is 274 g/mol. The van der Waals surface area contributed by atoms with E-state index in [0.29, 0.717) is 29.5 Å². The molecule has 7 heteroatoms. The van der Waals surface area contributed by atoms with Crippen LogP contribution in [0.4, 0.5) is 0 Å². The number of hydrogen-bond acceptors (Lipinski definition) is 5. The summed E-state index contributed by atoms with van der Waals surface area (Å²) in [6.45, 7) is 6.79. The van der Waals surface area contributed by atoms with Gasteiger partial charge in [0.05, 0.1) is 23.3 Å². The molecule has 5 nitrogen and oxygen atoms in total. The van der Waals surface area contributed by atoms with Gasteiger partial charge in [0.2, 0.25) is 0 Å². The highest BCUT2D eigenvalue weighted by Gasteiger charge is 2.36. The summed E-state index contributed by atoms with van der Waals surface area (Å²) in [7, 11) is 0. The number of aryl methyl sites for hydroxylation is 1. The van der Waals surface area contributed by atoms with Crippen LogP contribution in [-0.4, -0.2) is 51.1 Å². The van der Waals surface area contributed by atoms with Crippen LogP contribution in [0.5, 0.6) is 0 Å². The zero-order chi connectivity index (χ0) is 13.3. The summed E-state index contributed by atoms with van der Waals surface area (Å²) < 4.78 is 9.60. The summed E-state index contributed by atoms with van der Waals surface area (Å²) >= 11 is 6.98. The summed E-state index contributed by atoms with van der Waals surface area (Å²) in [5.74, 6) is 0.349. The van der Waals surface area contributed by atoms with Crippen LogP contribution in [0, 0.1) is 6.92 Å². The van der Waals surface area contributed by atoms with Crippen LogP contribution in [0.25, 0.3) is 0 Å². The fourth-order valence-corrected chi connectivity index (χ4v) is 2.89. The zero-order valence-electron chi connectivity index (χ0n) is 10.6. The largest absolute Gasteiger partial charge is 0.367 e. The van der Waals surface area contributed by atoms with Crippen molar-refractivity contribution in [3.8, 4) is 0 Å². The van der Waals surface area contributed by atoms with Gasteiger partial charge in [-0.05, 0) is 32.3 Å². The third-order valence-corrected chi connectivity index (χ3v) is 3.95. The molecule has 1 aliphatic heterocycles. The monoisotopic (exact) mass is 289 g/mol. The van der Waals surface area contributed by atoms with Crippen LogP contribution in [0.15, 0.2) is 0 Å². The normalized spacial score (nSPS) is 23.1. The van der Waals surface area contributed by atoms with Crippen molar-refractivity contribution in [2.24, 2.45) is 0 Å². The van der Waals surface area contributed by atoms with Crippen LogP contribution >= 0.6 is 23.1 Å². The Hall–Kier alpha value is -0.720. The standard InChI is InChI=1S/C11H16ClN3O2S/c1-7-9(18-14-13-7)10(16)15-5-8(4-12)17-11(2,3)6-15/h8H,4-6H2,1-3H3. The maximum Gasteiger partial charge on any atom is 0.267 e. The molecule has 0 bridgehead atoms. The molecule has 0 aromatic carbocycles. The average Bonchev–Trinajstić information content (AvgIpc) is 2.72. The predicted molar refractivity (Wildman–Crippen MR) is 70.2 cm³/mol. The predicted octanol–water partition coefficient (Wildman–Crippen LogP) is 1.70. The van der Waals surface area contributed by atoms with Crippen molar-refractivity contribution in [3.63, 3.8) is 0 Å². The van der Waals surface area contributed by atoms with Gasteiger partial charge in [-0.3, -0.25) is 4.79 Å². The lowest BCUT2D eigenvalue weighted by atomic mass is 10.1. The highest BCUT2D eigenvalue weighted by Crippen LogP contribution is 2.24. The minimum atomic E-state index is -0.376. The van der Waals surface area contributed by atoms with Gasteiger partial charge in [0.1, 0.15) is 4.88 Å². The maximum absolute atomic E-state index is 12.4. The minimum Gasteiger partial charge on any atom is -0.367 e. The lowest BCUT2D eigenvalue weighted by Crippen LogP contribution is -2.55. The van der Waals surface area contributed by atoms with Gasteiger partial charge in [-0.15, -0.1) is 16.7 Å². The number of alkyl halides is 1. The summed E-state index contributed by atoms with van der Waals surface area (Å²) in [6.07, 6.45) is -0.124. The van der Waals surface area contributed by atoms with Gasteiger partial charge >= 0.3 is 0 Å². The van der Waals surface area contributed by atoms with Gasteiger partial charge in [-0.1, -0.05) is 4.49 Å². The number of carbonyl (C=O) groups excluding carboxylic acids is 1. The first-order valence-corrected chi connectivity index (χ1v) is 7.06. The van der Waals surface area contributed by atoms with Crippen molar-refractivity contribution >= 4 is 29.0 Å². The lowest BCUT2D eigenvalue weighted by molar-refractivity contribution is -0.117. The van der Waals surface area contributed by atoms with E-state index in [-0.39, 0.29) is 17.6 Å². The molecule has 1 fully saturated rings. The fraction of sp³-hybridized carbons (Fsp3) is 0.727. The van der Waals surface area contributed by atoms with Crippen LogP contribution < -0.4 is 0 Å². The Morgan fingerprint density at radius 2 is 2.39 bits per heavy atom. The van der Waals surface area contributed by atoms with Crippen LogP contribution in [0.2, 0.25) is 0 Å². The Morgan fingerprint density at radius 1 is 1.67 bits per heavy atom. The number of nitrogens with zero attached hydrogens (tertiary/aromatic N) is 3. The molecule has 1 unspecified atom stereocenters. The van der Waals surface area contributed by atoms with Crippen molar-refractivity contribution in [2.75, 3.05) is 19.0 Å². The van der Waals surface area contributed by atoms with E-state index < -0.39 is 0 Å². The first-order chi connectivity index (χ1) is 8.43. The quantitative estimate of drug-likeness (QED) is 0.778. The molecule has 1 aromatic heterocycles. The average molecular weight is 290 g/mol. The van der Waals surface area contributed by atoms with Crippen molar-refractivity contribution in [3.05, 3.63) is 10.6 Å². The van der Waals surface area contributed by atoms with E-state index in [2.05, 4.69) is 9.59 Å². The number of hydrogen-bond donors (Lipinski definition) is 0. The summed E-state index contributed by atoms with van der Waals surface area (Å²) in [6, 6.07) is 0. The third kappa shape index (κ3) is 2.81. The number of rotatable bonds is 2. The molecule has 2 heterocycles. The summed E-state index contributed by atoms with van der Waals surface area (Å²) in [5.41, 5.74) is 0.302. The Morgan fingerprint density at radius 3 is 2.94 bits per heavy atom. The molecule has 0 spiro atoms. The molecule has 1 aliphatic rings. The van der Waals surface area contributed by atoms with Crippen molar-refractivity contribution in [2.45, 2.75) is 32.5 Å². The van der Waals surface area contributed by atoms with E-state index in [0.717, 1.165) is 11.5 Å². The number of halogens is 1. The highest BCUT2D eigenvalue weighted by molar-refractivity contribution is 7.07. The molecule has 18 heavy (non-hydrogen) atoms. The van der Waals surface area contributed by atoms with E-state index in [4.69, 9.17) is 16.3 Å². The second kappa shape index (κ2) is 5.11. The topological polar surface area (TPSA) is 55.3 Å². The molecule has 0 aliphatic carbocycles. The zero-order valence-corrected chi connectivity index (χ0v) is 12.2. The first kappa shape index (κ1) is 13.7.